The number of allylic oxidation sites excluding steroid dienone is 3. The Bertz CT molecular complexity index is 2550. The number of Topliss-reactive ketones (excluding diaryl/α,β-unsaturated/α-hetero) is 1. The van der Waals surface area contributed by atoms with Gasteiger partial charge in [0, 0.05) is 81.2 Å². The Labute approximate surface area is 379 Å². The maximum atomic E-state index is 13.8. The summed E-state index contributed by atoms with van der Waals surface area (Å²) in [5.41, 5.74) is -3.54. The summed E-state index contributed by atoms with van der Waals surface area (Å²) < 4.78 is 81.6. The first kappa shape index (κ1) is 46.9. The number of alkyl halides is 3. The molecule has 1 heterocycles. The predicted molar refractivity (Wildman–Crippen MR) is 224 cm³/mol. The number of rotatable bonds is 8. The van der Waals surface area contributed by atoms with E-state index >= 15 is 0 Å². The zero-order valence-electron chi connectivity index (χ0n) is 31.3. The first-order chi connectivity index (χ1) is 27.8. The van der Waals surface area contributed by atoms with Crippen LogP contribution in [0.3, 0.4) is 0 Å². The van der Waals surface area contributed by atoms with Crippen LogP contribution in [-0.2, 0) is 9.13 Å². The molecule has 1 aromatic heterocycles. The Kier molecular flexibility index (Phi) is 16.7. The molecule has 7 rings (SSSR count). The van der Waals surface area contributed by atoms with E-state index < -0.39 is 54.4 Å². The predicted octanol–water partition coefficient (Wildman–Crippen LogP) is 9.80. The van der Waals surface area contributed by atoms with Gasteiger partial charge in [0.05, 0.1) is 5.39 Å². The molecular formula is C46H36EuF4O6P2. The molecule has 59 heavy (non-hydrogen) atoms. The van der Waals surface area contributed by atoms with Crippen LogP contribution in [0.25, 0.3) is 11.0 Å². The zero-order valence-corrected chi connectivity index (χ0v) is 35.5. The molecule has 0 saturated carbocycles. The first-order valence-electron chi connectivity index (χ1n) is 17.6. The summed E-state index contributed by atoms with van der Waals surface area (Å²) in [5, 5.41) is 14.1. The number of hydrogen-bond acceptors (Lipinski definition) is 6. The first-order valence-corrected chi connectivity index (χ1v) is 21.0. The average Bonchev–Trinajstić information content (AvgIpc) is 3.25. The van der Waals surface area contributed by atoms with Crippen molar-refractivity contribution in [2.75, 3.05) is 0 Å². The monoisotopic (exact) mass is 975 g/mol. The molecule has 0 aliphatic carbocycles. The molecule has 0 aliphatic rings. The van der Waals surface area contributed by atoms with E-state index in [0.29, 0.717) is 6.07 Å². The fraction of sp³-hybridized carbons (Fsp3) is 0.0435. The molecule has 301 valence electrons. The van der Waals surface area contributed by atoms with E-state index in [4.69, 9.17) is 0 Å². The number of benzene rings is 6. The van der Waals surface area contributed by atoms with Crippen molar-refractivity contribution in [3.8, 4) is 5.75 Å². The summed E-state index contributed by atoms with van der Waals surface area (Å²) >= 11 is 0. The largest absolute Gasteiger partial charge is 0.506 e. The SMILES string of the molecule is C=C/C(=C\C)P(=O)(c1ccccc1)c1ccccc1.O=C(c1c(O)c2cc(F)ccc2oc1=O)C(F)(F)F.O=P(c1ccccc1)(c1ccccc1)c1ccccc1.[Eu]. The standard InChI is InChI=1S/C18H15OP.C17H17OP.C11H4F4O4.Eu/c19-20(16-10-4-1-5-11-16,17-12-6-2-7-13-17)18-14-8-3-9-15-18;1-3-15(4-2)19(18,16-11-7-5-8-12-16)17-13-9-6-10-14-17;12-4-1-2-6-5(3-4)8(16)7(10(18)19-6)9(17)11(13,14)15;/h1-15H;3-14H,1H2,2H3;1-3,16H;/b;15-4+;;. The molecule has 6 aromatic carbocycles. The van der Waals surface area contributed by atoms with Crippen LogP contribution < -0.4 is 32.1 Å². The van der Waals surface area contributed by atoms with Crippen LogP contribution in [0.5, 0.6) is 5.75 Å². The van der Waals surface area contributed by atoms with Gasteiger partial charge in [-0.05, 0) is 25.1 Å². The van der Waals surface area contributed by atoms with Crippen molar-refractivity contribution < 1.29 is 90.4 Å². The van der Waals surface area contributed by atoms with E-state index in [1.54, 1.807) is 6.08 Å². The third-order valence-corrected chi connectivity index (χ3v) is 15.1. The molecule has 1 radical (unpaired) electrons. The second kappa shape index (κ2) is 21.0. The van der Waals surface area contributed by atoms with Gasteiger partial charge >= 0.3 is 11.8 Å². The van der Waals surface area contributed by atoms with Crippen molar-refractivity contribution in [1.82, 2.24) is 0 Å². The van der Waals surface area contributed by atoms with Gasteiger partial charge in [0.15, 0.2) is 19.8 Å². The smallest absolute Gasteiger partial charge is 0.455 e. The van der Waals surface area contributed by atoms with E-state index in [9.17, 15) is 41.4 Å². The average molecular weight is 975 g/mol. The molecule has 6 nitrogen and oxygen atoms in total. The van der Waals surface area contributed by atoms with Crippen molar-refractivity contribution in [2.45, 2.75) is 13.1 Å². The van der Waals surface area contributed by atoms with Crippen molar-refractivity contribution in [2.24, 2.45) is 0 Å². The minimum absolute atomic E-state index is 0. The van der Waals surface area contributed by atoms with Crippen LogP contribution in [-0.4, -0.2) is 17.1 Å². The van der Waals surface area contributed by atoms with E-state index in [0.717, 1.165) is 44.0 Å². The van der Waals surface area contributed by atoms with Gasteiger partial charge in [-0.1, -0.05) is 170 Å². The minimum atomic E-state index is -5.35. The van der Waals surface area contributed by atoms with Gasteiger partial charge in [-0.25, -0.2) is 9.18 Å². The molecular weight excluding hydrogens is 938 g/mol. The van der Waals surface area contributed by atoms with Crippen molar-refractivity contribution in [1.29, 1.82) is 0 Å². The van der Waals surface area contributed by atoms with Gasteiger partial charge in [-0.15, -0.1) is 0 Å². The van der Waals surface area contributed by atoms with Crippen molar-refractivity contribution in [3.05, 3.63) is 216 Å². The number of halogens is 4. The van der Waals surface area contributed by atoms with Crippen LogP contribution in [0.1, 0.15) is 17.3 Å². The Morgan fingerprint density at radius 3 is 1.37 bits per heavy atom. The summed E-state index contributed by atoms with van der Waals surface area (Å²) in [7, 11) is -5.57. The minimum Gasteiger partial charge on any atom is -0.506 e. The van der Waals surface area contributed by atoms with E-state index in [1.165, 1.54) is 0 Å². The number of carbonyl (C=O) groups excluding carboxylic acids is 1. The fourth-order valence-electron chi connectivity index (χ4n) is 6.01. The molecule has 0 bridgehead atoms. The van der Waals surface area contributed by atoms with Crippen LogP contribution in [0, 0.1) is 55.2 Å². The van der Waals surface area contributed by atoms with Crippen molar-refractivity contribution in [3.63, 3.8) is 0 Å². The maximum absolute atomic E-state index is 13.8. The molecule has 0 saturated heterocycles. The second-order valence-electron chi connectivity index (χ2n) is 12.4. The van der Waals surface area contributed by atoms with E-state index in [-0.39, 0.29) is 55.0 Å². The molecule has 13 heteroatoms. The summed E-state index contributed by atoms with van der Waals surface area (Å²) in [6.07, 6.45) is -1.78. The van der Waals surface area contributed by atoms with Gasteiger partial charge < -0.3 is 18.7 Å². The number of aromatic hydroxyl groups is 1. The molecule has 0 aliphatic heterocycles. The van der Waals surface area contributed by atoms with E-state index in [2.05, 4.69) is 11.0 Å². The van der Waals surface area contributed by atoms with Crippen LogP contribution in [0.15, 0.2) is 203 Å². The van der Waals surface area contributed by atoms with Gasteiger partial charge in [0.2, 0.25) is 0 Å². The molecule has 0 unspecified atom stereocenters. The molecule has 0 atom stereocenters. The Hall–Kier alpha value is -4.76. The van der Waals surface area contributed by atoms with Crippen LogP contribution in [0.2, 0.25) is 0 Å². The van der Waals surface area contributed by atoms with Crippen LogP contribution >= 0.6 is 14.3 Å². The van der Waals surface area contributed by atoms with Gasteiger partial charge in [0.1, 0.15) is 17.1 Å². The number of carbonyl (C=O) groups is 1. The third kappa shape index (κ3) is 10.7. The quantitative estimate of drug-likeness (QED) is 0.0536. The summed E-state index contributed by atoms with van der Waals surface area (Å²) in [5.74, 6) is -4.68. The normalized spacial score (nSPS) is 11.5. The summed E-state index contributed by atoms with van der Waals surface area (Å²) in [6.45, 7) is 5.71. The Morgan fingerprint density at radius 1 is 0.661 bits per heavy atom. The molecule has 1 N–H and O–H groups in total. The molecule has 0 amide bonds. The molecule has 0 spiro atoms. The number of hydrogen-bond donors (Lipinski definition) is 1. The number of fused-ring (bicyclic) bond motifs is 1. The number of ketones is 1. The van der Waals surface area contributed by atoms with Gasteiger partial charge in [0.25, 0.3) is 5.78 Å². The Balaban J connectivity index is 0.000000194. The Morgan fingerprint density at radius 2 is 1.03 bits per heavy atom. The second-order valence-corrected chi connectivity index (χ2v) is 17.9. The van der Waals surface area contributed by atoms with Gasteiger partial charge in [-0.3, -0.25) is 4.79 Å². The van der Waals surface area contributed by atoms with Gasteiger partial charge in [-0.2, -0.15) is 13.2 Å². The fourth-order valence-corrected chi connectivity index (χ4v) is 11.4. The maximum Gasteiger partial charge on any atom is 0.455 e. The molecule has 0 fully saturated rings. The third-order valence-electron chi connectivity index (χ3n) is 8.79. The molecule has 7 aromatic rings. The summed E-state index contributed by atoms with van der Waals surface area (Å²) in [4.78, 5) is 22.3. The van der Waals surface area contributed by atoms with Crippen LogP contribution in [0.4, 0.5) is 17.6 Å². The summed E-state index contributed by atoms with van der Waals surface area (Å²) in [6, 6.07) is 50.8. The zero-order chi connectivity index (χ0) is 41.9. The van der Waals surface area contributed by atoms with Crippen molar-refractivity contribution >= 4 is 57.6 Å². The van der Waals surface area contributed by atoms with E-state index in [1.807, 2.05) is 165 Å². The topological polar surface area (TPSA) is 102 Å².